The number of nitrogens with zero attached hydrogens (tertiary/aromatic N) is 1. The fraction of sp³-hybridized carbons (Fsp3) is 0.500. The van der Waals surface area contributed by atoms with Crippen LogP contribution in [0.15, 0.2) is 0 Å². The van der Waals surface area contributed by atoms with E-state index in [4.69, 9.17) is 5.84 Å². The van der Waals surface area contributed by atoms with Gasteiger partial charge in [-0.05, 0) is 0 Å². The predicted molar refractivity (Wildman–Crippen MR) is 27.1 cm³/mol. The topological polar surface area (TPSA) is 46.1 Å². The van der Waals surface area contributed by atoms with Crippen molar-refractivity contribution in [3.63, 3.8) is 0 Å². The zero-order chi connectivity index (χ0) is 5.86. The van der Waals surface area contributed by atoms with Crippen LogP contribution in [-0.2, 0) is 4.79 Å². The second-order valence-electron chi connectivity index (χ2n) is 1.41. The number of carbonyl (C=O) groups is 1. The Kier molecular flexibility index (Phi) is 2.05. The van der Waals surface area contributed by atoms with Gasteiger partial charge in [0, 0.05) is 6.92 Å². The van der Waals surface area contributed by atoms with E-state index in [0.29, 0.717) is 0 Å². The number of hydrazone groups is 1. The molecule has 0 aliphatic heterocycles. The summed E-state index contributed by atoms with van der Waals surface area (Å²) in [6, 6.07) is 0. The fourth-order valence-electron chi connectivity index (χ4n) is 0.287. The number of nitrogens with two attached hydrogens (primary N) is 1. The molecule has 0 aliphatic carbocycles. The quantitative estimate of drug-likeness (QED) is 0.203. The van der Waals surface area contributed by atoms with Crippen molar-refractivity contribution in [2.24, 2.45) is 5.84 Å². The van der Waals surface area contributed by atoms with Crippen LogP contribution in [0.25, 0.3) is 0 Å². The molecule has 0 heterocycles. The Hall–Kier alpha value is -0.860. The highest BCUT2D eigenvalue weighted by Crippen LogP contribution is 1.54. The van der Waals surface area contributed by atoms with Crippen LogP contribution in [0.2, 0.25) is 0 Å². The predicted octanol–water partition coefficient (Wildman–Crippen LogP) is -0.838. The van der Waals surface area contributed by atoms with Gasteiger partial charge >= 0.3 is 0 Å². The molecule has 0 saturated heterocycles. The van der Waals surface area contributed by atoms with Crippen LogP contribution in [0.3, 0.4) is 0 Å². The normalized spacial score (nSPS) is 11.4. The van der Waals surface area contributed by atoms with Gasteiger partial charge in [-0.15, -0.1) is 4.68 Å². The first-order chi connectivity index (χ1) is 3.13. The van der Waals surface area contributed by atoms with Gasteiger partial charge in [-0.2, -0.15) is 0 Å². The lowest BCUT2D eigenvalue weighted by atomic mass is 10.5. The Bertz CT molecular complexity index is 102. The molecule has 40 valence electrons. The van der Waals surface area contributed by atoms with Crippen LogP contribution in [0, 0.1) is 0 Å². The number of hydrogen-bond acceptors (Lipinski definition) is 2. The molecule has 0 aromatic carbocycles. The van der Waals surface area contributed by atoms with Gasteiger partial charge < -0.3 is 0 Å². The highest BCUT2D eigenvalue weighted by Gasteiger charge is 1.88. The minimum atomic E-state index is -0.0370. The molecule has 0 aromatic rings. The highest BCUT2D eigenvalue weighted by atomic mass is 16.1. The molecule has 7 heavy (non-hydrogen) atoms. The third-order valence-electron chi connectivity index (χ3n) is 0.385. The lowest BCUT2D eigenvalue weighted by molar-refractivity contribution is -0.503. The summed E-state index contributed by atoms with van der Waals surface area (Å²) in [7, 11) is 1.60. The van der Waals surface area contributed by atoms with Crippen LogP contribution >= 0.6 is 0 Å². The number of hydrazine groups is 1. The zero-order valence-electron chi connectivity index (χ0n) is 4.51. The fourth-order valence-corrected chi connectivity index (χ4v) is 0.287. The first-order valence-electron chi connectivity index (χ1n) is 1.96. The monoisotopic (exact) mass is 101 g/mol. The van der Waals surface area contributed by atoms with Crippen molar-refractivity contribution in [3.05, 3.63) is 0 Å². The first kappa shape index (κ1) is 6.14. The molecule has 0 amide bonds. The van der Waals surface area contributed by atoms with Crippen LogP contribution < -0.4 is 5.84 Å². The van der Waals surface area contributed by atoms with Gasteiger partial charge in [-0.3, -0.25) is 4.79 Å². The summed E-state index contributed by atoms with van der Waals surface area (Å²) < 4.78 is 1.22. The van der Waals surface area contributed by atoms with Crippen molar-refractivity contribution in [3.8, 4) is 0 Å². The molecule has 0 unspecified atom stereocenters. The van der Waals surface area contributed by atoms with Crippen LogP contribution in [0.4, 0.5) is 0 Å². The molecule has 0 aromatic heterocycles. The summed E-state index contributed by atoms with van der Waals surface area (Å²) in [5.74, 6) is 5.01. The Morgan fingerprint density at radius 1 is 1.86 bits per heavy atom. The molecule has 0 spiro atoms. The van der Waals surface area contributed by atoms with Crippen molar-refractivity contribution < 1.29 is 9.48 Å². The van der Waals surface area contributed by atoms with E-state index in [-0.39, 0.29) is 5.78 Å². The van der Waals surface area contributed by atoms with Crippen molar-refractivity contribution in [1.29, 1.82) is 0 Å². The first-order valence-corrected chi connectivity index (χ1v) is 1.96. The van der Waals surface area contributed by atoms with E-state index < -0.39 is 0 Å². The number of carbonyl (C=O) groups excluding carboxylic acids is 1. The van der Waals surface area contributed by atoms with E-state index >= 15 is 0 Å². The molecular formula is C4H9N2O+. The molecule has 0 bridgehead atoms. The van der Waals surface area contributed by atoms with Crippen LogP contribution in [-0.4, -0.2) is 23.7 Å². The van der Waals surface area contributed by atoms with Gasteiger partial charge in [-0.1, -0.05) is 0 Å². The maximum Gasteiger partial charge on any atom is 0.235 e. The summed E-state index contributed by atoms with van der Waals surface area (Å²) in [5.41, 5.74) is 0. The minimum absolute atomic E-state index is 0.0370. The van der Waals surface area contributed by atoms with E-state index in [1.54, 1.807) is 7.05 Å². The van der Waals surface area contributed by atoms with E-state index in [2.05, 4.69) is 0 Å². The molecule has 0 saturated carbocycles. The van der Waals surface area contributed by atoms with Crippen molar-refractivity contribution >= 4 is 12.0 Å². The average Bonchev–Trinajstić information content (AvgIpc) is 1.27. The lowest BCUT2D eigenvalue weighted by Crippen LogP contribution is -2.17. The second-order valence-corrected chi connectivity index (χ2v) is 1.41. The summed E-state index contributed by atoms with van der Waals surface area (Å²) in [4.78, 5) is 10.1. The lowest BCUT2D eigenvalue weighted by Gasteiger charge is -1.76. The third-order valence-corrected chi connectivity index (χ3v) is 0.385. The molecule has 0 fully saturated rings. The van der Waals surface area contributed by atoms with Crippen molar-refractivity contribution in [2.75, 3.05) is 7.05 Å². The van der Waals surface area contributed by atoms with E-state index in [9.17, 15) is 4.79 Å². The largest absolute Gasteiger partial charge is 0.288 e. The number of Topliss-reactive ketones (excluding diaryl/α,β-unsaturated/α-hetero) is 1. The maximum absolute atomic E-state index is 10.1. The molecule has 2 N–H and O–H groups in total. The van der Waals surface area contributed by atoms with Gasteiger partial charge in [0.1, 0.15) is 0 Å². The van der Waals surface area contributed by atoms with Crippen LogP contribution in [0.5, 0.6) is 0 Å². The summed E-state index contributed by atoms with van der Waals surface area (Å²) in [6.07, 6.45) is 1.31. The number of rotatable bonds is 1. The second kappa shape index (κ2) is 2.34. The van der Waals surface area contributed by atoms with Gasteiger partial charge in [0.25, 0.3) is 0 Å². The molecule has 3 nitrogen and oxygen atoms in total. The summed E-state index contributed by atoms with van der Waals surface area (Å²) in [6.45, 7) is 1.45. The Balaban J connectivity index is 3.68. The maximum atomic E-state index is 10.1. The molecule has 0 rings (SSSR count). The molecule has 0 aliphatic rings. The third kappa shape index (κ3) is 5.14. The van der Waals surface area contributed by atoms with Crippen molar-refractivity contribution in [1.82, 2.24) is 0 Å². The average molecular weight is 101 g/mol. The highest BCUT2D eigenvalue weighted by molar-refractivity contribution is 6.24. The molecule has 0 radical (unpaired) electrons. The standard InChI is InChI=1S/C4H8N2O/c1-4(7)3-6(2)5/h3H,1-2H3,(H-,5,7)/p+1. The molecule has 0 atom stereocenters. The number of ketones is 1. The minimum Gasteiger partial charge on any atom is -0.288 e. The Labute approximate surface area is 42.4 Å². The smallest absolute Gasteiger partial charge is 0.235 e. The van der Waals surface area contributed by atoms with Gasteiger partial charge in [0.15, 0.2) is 7.05 Å². The van der Waals surface area contributed by atoms with E-state index in [0.717, 1.165) is 0 Å². The summed E-state index contributed by atoms with van der Waals surface area (Å²) in [5, 5.41) is 0. The molecular weight excluding hydrogens is 92.1 g/mol. The van der Waals surface area contributed by atoms with Crippen LogP contribution in [0.1, 0.15) is 6.92 Å². The van der Waals surface area contributed by atoms with E-state index in [1.165, 1.54) is 17.8 Å². The summed E-state index contributed by atoms with van der Waals surface area (Å²) >= 11 is 0. The van der Waals surface area contributed by atoms with E-state index in [1.807, 2.05) is 0 Å². The van der Waals surface area contributed by atoms with Crippen molar-refractivity contribution in [2.45, 2.75) is 6.92 Å². The van der Waals surface area contributed by atoms with Gasteiger partial charge in [0.2, 0.25) is 12.0 Å². The zero-order valence-corrected chi connectivity index (χ0v) is 4.51. The Morgan fingerprint density at radius 2 is 2.29 bits per heavy atom. The van der Waals surface area contributed by atoms with Gasteiger partial charge in [0.05, 0.1) is 0 Å². The SMILES string of the molecule is CC(=O)/C=[N+](/C)N. The number of hydrogen-bond donors (Lipinski definition) is 1. The van der Waals surface area contributed by atoms with Gasteiger partial charge in [-0.25, -0.2) is 5.84 Å². The molecule has 3 heteroatoms. The Morgan fingerprint density at radius 3 is 2.29 bits per heavy atom.